The van der Waals surface area contributed by atoms with E-state index in [1.165, 1.54) is 12.1 Å². The van der Waals surface area contributed by atoms with Crippen LogP contribution in [0, 0.1) is 0 Å². The topological polar surface area (TPSA) is 55.4 Å². The van der Waals surface area contributed by atoms with Crippen molar-refractivity contribution in [2.24, 2.45) is 0 Å². The van der Waals surface area contributed by atoms with Crippen LogP contribution in [0.4, 0.5) is 0 Å². The van der Waals surface area contributed by atoms with Crippen molar-refractivity contribution in [2.75, 3.05) is 6.61 Å². The zero-order chi connectivity index (χ0) is 13.8. The molecule has 0 aromatic heterocycles. The Balaban J connectivity index is 2.94. The normalized spacial score (nSPS) is 14.4. The van der Waals surface area contributed by atoms with E-state index in [4.69, 9.17) is 39.5 Å². The van der Waals surface area contributed by atoms with E-state index in [2.05, 4.69) is 4.72 Å². The van der Waals surface area contributed by atoms with Crippen molar-refractivity contribution in [1.29, 1.82) is 0 Å². The van der Waals surface area contributed by atoms with Gasteiger partial charge in [-0.05, 0) is 19.1 Å². The third kappa shape index (κ3) is 4.57. The zero-order valence-corrected chi connectivity index (χ0v) is 12.5. The van der Waals surface area contributed by atoms with Gasteiger partial charge in [-0.3, -0.25) is 0 Å². The second-order valence-corrected chi connectivity index (χ2v) is 7.39. The molecule has 0 radical (unpaired) electrons. The first-order chi connectivity index (χ1) is 8.27. The number of nitrogens with one attached hydrogen (secondary N) is 1. The molecule has 8 heteroatoms. The summed E-state index contributed by atoms with van der Waals surface area (Å²) in [4.78, 5) is 0.0731. The van der Waals surface area contributed by atoms with Crippen LogP contribution in [0.25, 0.3) is 0 Å². The van der Waals surface area contributed by atoms with Gasteiger partial charge >= 0.3 is 0 Å². The SMILES string of the molecule is CCOC(NS(=O)(=O)c1ccccc1)C(Cl)(Cl)Cl. The first-order valence-corrected chi connectivity index (χ1v) is 7.65. The molecule has 102 valence electrons. The van der Waals surface area contributed by atoms with Gasteiger partial charge in [0.25, 0.3) is 0 Å². The highest BCUT2D eigenvalue weighted by Gasteiger charge is 2.36. The van der Waals surface area contributed by atoms with Crippen LogP contribution in [0.2, 0.25) is 0 Å². The summed E-state index contributed by atoms with van der Waals surface area (Å²) in [6.07, 6.45) is -1.25. The minimum Gasteiger partial charge on any atom is -0.358 e. The summed E-state index contributed by atoms with van der Waals surface area (Å²) in [5, 5.41) is 0. The molecule has 1 atom stereocenters. The zero-order valence-electron chi connectivity index (χ0n) is 9.44. The van der Waals surface area contributed by atoms with Crippen LogP contribution < -0.4 is 4.72 Å². The Morgan fingerprint density at radius 2 is 1.83 bits per heavy atom. The van der Waals surface area contributed by atoms with Crippen LogP contribution in [0.5, 0.6) is 0 Å². The van der Waals surface area contributed by atoms with Gasteiger partial charge in [-0.1, -0.05) is 53.0 Å². The van der Waals surface area contributed by atoms with Gasteiger partial charge in [-0.25, -0.2) is 8.42 Å². The first kappa shape index (κ1) is 16.0. The molecule has 0 saturated carbocycles. The predicted molar refractivity (Wildman–Crippen MR) is 72.5 cm³/mol. The van der Waals surface area contributed by atoms with Crippen LogP contribution in [-0.2, 0) is 14.8 Å². The standard InChI is InChI=1S/C10H12Cl3NO3S/c1-2-17-9(10(11,12)13)14-18(15,16)8-6-4-3-5-7-8/h3-7,9,14H,2H2,1H3. The molecule has 4 nitrogen and oxygen atoms in total. The number of hydrogen-bond donors (Lipinski definition) is 1. The maximum absolute atomic E-state index is 12.0. The summed E-state index contributed by atoms with van der Waals surface area (Å²) in [6, 6.07) is 7.76. The average Bonchev–Trinajstić information content (AvgIpc) is 2.28. The summed E-state index contributed by atoms with van der Waals surface area (Å²) < 4.78 is 29.4. The smallest absolute Gasteiger partial charge is 0.242 e. The minimum atomic E-state index is -3.79. The van der Waals surface area contributed by atoms with Crippen LogP contribution in [0.3, 0.4) is 0 Å². The van der Waals surface area contributed by atoms with E-state index in [9.17, 15) is 8.42 Å². The van der Waals surface area contributed by atoms with Crippen molar-refractivity contribution >= 4 is 44.8 Å². The number of hydrogen-bond acceptors (Lipinski definition) is 3. The molecule has 1 aromatic rings. The number of sulfonamides is 1. The molecule has 0 fully saturated rings. The minimum absolute atomic E-state index is 0.0731. The second kappa shape index (κ2) is 6.41. The number of halogens is 3. The van der Waals surface area contributed by atoms with E-state index in [1.807, 2.05) is 0 Å². The summed E-state index contributed by atoms with van der Waals surface area (Å²) in [6.45, 7) is 1.87. The molecule has 0 heterocycles. The van der Waals surface area contributed by atoms with Crippen molar-refractivity contribution in [3.05, 3.63) is 30.3 Å². The third-order valence-electron chi connectivity index (χ3n) is 1.95. The number of alkyl halides is 3. The van der Waals surface area contributed by atoms with Gasteiger partial charge < -0.3 is 4.74 Å². The van der Waals surface area contributed by atoms with E-state index >= 15 is 0 Å². The first-order valence-electron chi connectivity index (χ1n) is 5.03. The number of benzene rings is 1. The number of rotatable bonds is 5. The van der Waals surface area contributed by atoms with E-state index < -0.39 is 20.0 Å². The monoisotopic (exact) mass is 331 g/mol. The summed E-state index contributed by atoms with van der Waals surface area (Å²) >= 11 is 17.0. The molecule has 0 aliphatic carbocycles. The van der Waals surface area contributed by atoms with Crippen molar-refractivity contribution in [3.63, 3.8) is 0 Å². The van der Waals surface area contributed by atoms with Gasteiger partial charge in [0.2, 0.25) is 13.8 Å². The van der Waals surface area contributed by atoms with E-state index in [0.717, 1.165) is 0 Å². The Morgan fingerprint density at radius 1 is 1.28 bits per heavy atom. The van der Waals surface area contributed by atoms with Crippen LogP contribution >= 0.6 is 34.8 Å². The molecule has 1 unspecified atom stereocenters. The maximum atomic E-state index is 12.0. The largest absolute Gasteiger partial charge is 0.358 e. The average molecular weight is 333 g/mol. The Kier molecular flexibility index (Phi) is 5.70. The summed E-state index contributed by atoms with van der Waals surface area (Å²) in [5.74, 6) is 0. The van der Waals surface area contributed by atoms with Crippen LogP contribution in [-0.4, -0.2) is 25.0 Å². The van der Waals surface area contributed by atoms with Crippen molar-refractivity contribution in [2.45, 2.75) is 21.8 Å². The highest BCUT2D eigenvalue weighted by molar-refractivity contribution is 7.89. The maximum Gasteiger partial charge on any atom is 0.242 e. The predicted octanol–water partition coefficient (Wildman–Crippen LogP) is 2.70. The molecule has 0 saturated heterocycles. The lowest BCUT2D eigenvalue weighted by Gasteiger charge is -2.24. The highest BCUT2D eigenvalue weighted by Crippen LogP contribution is 2.31. The third-order valence-corrected chi connectivity index (χ3v) is 3.96. The molecule has 1 aromatic carbocycles. The van der Waals surface area contributed by atoms with Crippen molar-refractivity contribution < 1.29 is 13.2 Å². The fraction of sp³-hybridized carbons (Fsp3) is 0.400. The highest BCUT2D eigenvalue weighted by atomic mass is 35.6. The fourth-order valence-corrected chi connectivity index (χ4v) is 2.90. The van der Waals surface area contributed by atoms with E-state index in [-0.39, 0.29) is 11.5 Å². The van der Waals surface area contributed by atoms with Gasteiger partial charge in [-0.15, -0.1) is 0 Å². The molecule has 0 aliphatic rings. The molecule has 1 N–H and O–H groups in total. The second-order valence-electron chi connectivity index (χ2n) is 3.31. The van der Waals surface area contributed by atoms with Gasteiger partial charge in [0, 0.05) is 6.61 Å². The van der Waals surface area contributed by atoms with Crippen LogP contribution in [0.15, 0.2) is 35.2 Å². The summed E-state index contributed by atoms with van der Waals surface area (Å²) in [5.41, 5.74) is 0. The van der Waals surface area contributed by atoms with Gasteiger partial charge in [-0.2, -0.15) is 4.72 Å². The Morgan fingerprint density at radius 3 is 2.28 bits per heavy atom. The molecular weight excluding hydrogens is 321 g/mol. The molecule has 0 aliphatic heterocycles. The number of ether oxygens (including phenoxy) is 1. The lowest BCUT2D eigenvalue weighted by molar-refractivity contribution is 0.0580. The summed E-state index contributed by atoms with van der Waals surface area (Å²) in [7, 11) is -3.79. The molecule has 0 spiro atoms. The molecular formula is C10H12Cl3NO3S. The molecule has 18 heavy (non-hydrogen) atoms. The van der Waals surface area contributed by atoms with Crippen LogP contribution in [0.1, 0.15) is 6.92 Å². The Bertz CT molecular complexity index is 473. The van der Waals surface area contributed by atoms with E-state index in [0.29, 0.717) is 0 Å². The molecule has 1 rings (SSSR count). The lowest BCUT2D eigenvalue weighted by Crippen LogP contribution is -2.45. The van der Waals surface area contributed by atoms with Gasteiger partial charge in [0.15, 0.2) is 6.23 Å². The van der Waals surface area contributed by atoms with E-state index in [1.54, 1.807) is 25.1 Å². The lowest BCUT2D eigenvalue weighted by atomic mass is 10.4. The van der Waals surface area contributed by atoms with Gasteiger partial charge in [0.1, 0.15) is 0 Å². The van der Waals surface area contributed by atoms with Gasteiger partial charge in [0.05, 0.1) is 4.90 Å². The van der Waals surface area contributed by atoms with Crippen molar-refractivity contribution in [3.8, 4) is 0 Å². The Labute approximate surface area is 121 Å². The Hall–Kier alpha value is -0.0400. The molecule has 0 amide bonds. The van der Waals surface area contributed by atoms with Crippen molar-refractivity contribution in [1.82, 2.24) is 4.72 Å². The quantitative estimate of drug-likeness (QED) is 0.666. The fourth-order valence-electron chi connectivity index (χ4n) is 1.17. The molecule has 0 bridgehead atoms.